The summed E-state index contributed by atoms with van der Waals surface area (Å²) in [5.41, 5.74) is 2.71. The standard InChI is InChI=1S/C13H19NO.C13H17NO.C5H11NO.CH4.H2/c2*1-11(13-5-3-2-4-6-13)14-8-7-12(9-14)10-15;7-4-5-1-2-6-3-5;;/h2-6,11-12,15H,7-10H2,1H3;2-6,10-12H,7-9H2,1H3;5-7H,1-4H2;1H4;1H/t11-,12+;11-,12?;5-;;/m001../s1. The lowest BCUT2D eigenvalue weighted by atomic mass is 10.1. The molecule has 5 rings (SSSR count). The van der Waals surface area contributed by atoms with Gasteiger partial charge in [0.1, 0.15) is 6.29 Å². The third-order valence-corrected chi connectivity index (χ3v) is 8.10. The van der Waals surface area contributed by atoms with Crippen molar-refractivity contribution in [1.29, 1.82) is 0 Å². The molecule has 0 saturated carbocycles. The molecule has 3 aliphatic rings. The highest BCUT2D eigenvalue weighted by Gasteiger charge is 2.27. The summed E-state index contributed by atoms with van der Waals surface area (Å²) in [6.07, 6.45) is 4.39. The molecule has 2 aromatic carbocycles. The van der Waals surface area contributed by atoms with E-state index in [1.165, 1.54) is 11.1 Å². The number of hydrogen-bond acceptors (Lipinski definition) is 6. The molecular formula is C32H53N3O3. The van der Waals surface area contributed by atoms with Crippen LogP contribution in [0.1, 0.15) is 65.2 Å². The summed E-state index contributed by atoms with van der Waals surface area (Å²) < 4.78 is 0. The van der Waals surface area contributed by atoms with Gasteiger partial charge < -0.3 is 20.3 Å². The van der Waals surface area contributed by atoms with Crippen molar-refractivity contribution in [2.75, 3.05) is 52.5 Å². The van der Waals surface area contributed by atoms with E-state index in [1.807, 2.05) is 6.07 Å². The topological polar surface area (TPSA) is 76.0 Å². The van der Waals surface area contributed by atoms with Crippen LogP contribution in [0.5, 0.6) is 0 Å². The van der Waals surface area contributed by atoms with Crippen molar-refractivity contribution < 1.29 is 16.4 Å². The monoisotopic (exact) mass is 527 g/mol. The number of carbonyl (C=O) groups excluding carboxylic acids is 1. The van der Waals surface area contributed by atoms with E-state index >= 15 is 0 Å². The molecule has 1 unspecified atom stereocenters. The molecule has 214 valence electrons. The number of carbonyl (C=O) groups is 1. The summed E-state index contributed by atoms with van der Waals surface area (Å²) in [6.45, 7) is 11.3. The van der Waals surface area contributed by atoms with Gasteiger partial charge in [0.25, 0.3) is 0 Å². The van der Waals surface area contributed by atoms with E-state index < -0.39 is 0 Å². The van der Waals surface area contributed by atoms with Gasteiger partial charge in [-0.05, 0) is 75.7 Å². The SMILES string of the molecule is C.C[C@@H](c1ccccc1)N1CCC(C=O)C1.C[C@@H](c1ccccc1)N1CC[C@@H](CO)C1.OC[C@@H]1CCNC1.[HH]. The van der Waals surface area contributed by atoms with Crippen LogP contribution in [0.3, 0.4) is 0 Å². The second kappa shape index (κ2) is 17.5. The predicted molar refractivity (Wildman–Crippen MR) is 159 cm³/mol. The normalized spacial score (nSPS) is 24.8. The van der Waals surface area contributed by atoms with Crippen molar-refractivity contribution in [1.82, 2.24) is 15.1 Å². The Bertz CT molecular complexity index is 883. The minimum atomic E-state index is 0. The number of hydrogen-bond donors (Lipinski definition) is 3. The van der Waals surface area contributed by atoms with E-state index in [9.17, 15) is 4.79 Å². The zero-order valence-corrected chi connectivity index (χ0v) is 22.7. The maximum absolute atomic E-state index is 10.7. The summed E-state index contributed by atoms with van der Waals surface area (Å²) in [4.78, 5) is 15.5. The summed E-state index contributed by atoms with van der Waals surface area (Å²) in [6, 6.07) is 22.0. The third kappa shape index (κ3) is 9.90. The van der Waals surface area contributed by atoms with Crippen LogP contribution in [-0.4, -0.2) is 78.8 Å². The molecule has 38 heavy (non-hydrogen) atoms. The Morgan fingerprint density at radius 2 is 1.37 bits per heavy atom. The minimum Gasteiger partial charge on any atom is -0.396 e. The van der Waals surface area contributed by atoms with Crippen LogP contribution in [0.25, 0.3) is 0 Å². The maximum Gasteiger partial charge on any atom is 0.124 e. The number of aliphatic hydroxyl groups excluding tert-OH is 2. The van der Waals surface area contributed by atoms with E-state index in [-0.39, 0.29) is 14.8 Å². The average molecular weight is 528 g/mol. The minimum absolute atomic E-state index is 0. The van der Waals surface area contributed by atoms with Crippen LogP contribution in [0.15, 0.2) is 60.7 Å². The summed E-state index contributed by atoms with van der Waals surface area (Å²) >= 11 is 0. The molecule has 0 bridgehead atoms. The fourth-order valence-electron chi connectivity index (χ4n) is 5.40. The lowest BCUT2D eigenvalue weighted by molar-refractivity contribution is -0.110. The Kier molecular flexibility index (Phi) is 14.8. The number of benzene rings is 2. The van der Waals surface area contributed by atoms with Crippen LogP contribution in [-0.2, 0) is 4.79 Å². The Morgan fingerprint density at radius 1 is 0.842 bits per heavy atom. The van der Waals surface area contributed by atoms with Gasteiger partial charge in [0.2, 0.25) is 0 Å². The molecule has 5 atom stereocenters. The van der Waals surface area contributed by atoms with Gasteiger partial charge in [-0.25, -0.2) is 0 Å². The van der Waals surface area contributed by atoms with Crippen molar-refractivity contribution in [3.05, 3.63) is 71.8 Å². The number of likely N-dealkylation sites (tertiary alicyclic amines) is 2. The van der Waals surface area contributed by atoms with Crippen LogP contribution >= 0.6 is 0 Å². The molecule has 0 aliphatic carbocycles. The first-order valence-corrected chi connectivity index (χ1v) is 14.0. The Hall–Kier alpha value is -2.09. The van der Waals surface area contributed by atoms with Gasteiger partial charge in [-0.2, -0.15) is 0 Å². The van der Waals surface area contributed by atoms with Crippen molar-refractivity contribution in [3.8, 4) is 0 Å². The Labute approximate surface area is 232 Å². The summed E-state index contributed by atoms with van der Waals surface area (Å²) in [5, 5.41) is 20.8. The second-order valence-corrected chi connectivity index (χ2v) is 10.7. The van der Waals surface area contributed by atoms with Crippen LogP contribution in [0.4, 0.5) is 0 Å². The molecule has 3 heterocycles. The third-order valence-electron chi connectivity index (χ3n) is 8.10. The van der Waals surface area contributed by atoms with Crippen molar-refractivity contribution in [3.63, 3.8) is 0 Å². The first kappa shape index (κ1) is 32.1. The van der Waals surface area contributed by atoms with Crippen molar-refractivity contribution >= 4 is 6.29 Å². The Morgan fingerprint density at radius 3 is 1.76 bits per heavy atom. The van der Waals surface area contributed by atoms with Gasteiger partial charge in [-0.15, -0.1) is 0 Å². The largest absolute Gasteiger partial charge is 0.396 e. The summed E-state index contributed by atoms with van der Waals surface area (Å²) in [7, 11) is 0. The van der Waals surface area contributed by atoms with Crippen LogP contribution in [0.2, 0.25) is 0 Å². The highest BCUT2D eigenvalue weighted by molar-refractivity contribution is 5.54. The molecule has 0 spiro atoms. The van der Waals surface area contributed by atoms with E-state index in [1.54, 1.807) is 0 Å². The van der Waals surface area contributed by atoms with Crippen molar-refractivity contribution in [2.24, 2.45) is 17.8 Å². The quantitative estimate of drug-likeness (QED) is 0.449. The molecule has 3 aliphatic heterocycles. The number of aliphatic hydroxyl groups is 2. The number of nitrogens with zero attached hydrogens (tertiary/aromatic N) is 2. The number of rotatable bonds is 7. The zero-order chi connectivity index (χ0) is 26.5. The van der Waals surface area contributed by atoms with Crippen LogP contribution < -0.4 is 5.32 Å². The fraction of sp³-hybridized carbons (Fsp3) is 0.594. The molecule has 3 fully saturated rings. The molecule has 6 nitrogen and oxygen atoms in total. The predicted octanol–water partition coefficient (Wildman–Crippen LogP) is 4.80. The van der Waals surface area contributed by atoms with E-state index in [0.29, 0.717) is 37.1 Å². The van der Waals surface area contributed by atoms with Gasteiger partial charge in [0.05, 0.1) is 0 Å². The molecule has 3 saturated heterocycles. The highest BCUT2D eigenvalue weighted by atomic mass is 16.3. The molecule has 0 aromatic heterocycles. The van der Waals surface area contributed by atoms with Gasteiger partial charge in [-0.1, -0.05) is 68.1 Å². The smallest absolute Gasteiger partial charge is 0.124 e. The maximum atomic E-state index is 10.7. The average Bonchev–Trinajstić information content (AvgIpc) is 3.76. The Balaban J connectivity index is 0.000000303. The van der Waals surface area contributed by atoms with Crippen molar-refractivity contribution in [2.45, 2.75) is 52.6 Å². The molecule has 6 heteroatoms. The first-order chi connectivity index (χ1) is 18.0. The van der Waals surface area contributed by atoms with Gasteiger partial charge in [0, 0.05) is 52.3 Å². The molecule has 2 aromatic rings. The van der Waals surface area contributed by atoms with Crippen LogP contribution in [0, 0.1) is 17.8 Å². The zero-order valence-electron chi connectivity index (χ0n) is 22.7. The number of nitrogens with one attached hydrogen (secondary N) is 1. The number of aldehydes is 1. The van der Waals surface area contributed by atoms with Gasteiger partial charge in [-0.3, -0.25) is 9.80 Å². The summed E-state index contributed by atoms with van der Waals surface area (Å²) in [5.74, 6) is 1.27. The molecular weight excluding hydrogens is 474 g/mol. The second-order valence-electron chi connectivity index (χ2n) is 10.7. The van der Waals surface area contributed by atoms with E-state index in [2.05, 4.69) is 83.6 Å². The lowest BCUT2D eigenvalue weighted by Crippen LogP contribution is -2.25. The fourth-order valence-corrected chi connectivity index (χ4v) is 5.40. The first-order valence-electron chi connectivity index (χ1n) is 14.0. The van der Waals surface area contributed by atoms with E-state index in [0.717, 1.165) is 64.8 Å². The molecule has 0 amide bonds. The van der Waals surface area contributed by atoms with E-state index in [4.69, 9.17) is 10.2 Å². The van der Waals surface area contributed by atoms with Gasteiger partial charge >= 0.3 is 0 Å². The molecule has 3 N–H and O–H groups in total. The van der Waals surface area contributed by atoms with Gasteiger partial charge in [0.15, 0.2) is 0 Å². The highest BCUT2D eigenvalue weighted by Crippen LogP contribution is 2.27. The molecule has 0 radical (unpaired) electrons. The lowest BCUT2D eigenvalue weighted by Gasteiger charge is -2.24.